The Balaban J connectivity index is 1.46. The maximum absolute atomic E-state index is 12.5. The predicted molar refractivity (Wildman–Crippen MR) is 102 cm³/mol. The minimum absolute atomic E-state index is 0.0815. The number of ether oxygens (including phenoxy) is 1. The van der Waals surface area contributed by atoms with Crippen LogP contribution in [0.1, 0.15) is 23.1 Å². The zero-order valence-electron chi connectivity index (χ0n) is 14.9. The van der Waals surface area contributed by atoms with E-state index in [0.717, 1.165) is 54.0 Å². The quantitative estimate of drug-likeness (QED) is 0.744. The fourth-order valence-electron chi connectivity index (χ4n) is 3.24. The van der Waals surface area contributed by atoms with Gasteiger partial charge in [0.15, 0.2) is 5.13 Å². The van der Waals surface area contributed by atoms with Gasteiger partial charge in [-0.3, -0.25) is 9.69 Å². The van der Waals surface area contributed by atoms with Crippen LogP contribution in [0, 0.1) is 0 Å². The Morgan fingerprint density at radius 2 is 2.35 bits per heavy atom. The number of fused-ring (bicyclic) bond motifs is 2. The smallest absolute Gasteiger partial charge is 0.230 e. The van der Waals surface area contributed by atoms with Crippen LogP contribution in [-0.2, 0) is 24.2 Å². The average Bonchev–Trinajstić information content (AvgIpc) is 3.23. The molecule has 3 aromatic rings. The molecule has 0 radical (unpaired) electrons. The molecular formula is C19H21N3O3S. The number of rotatable bonds is 5. The highest BCUT2D eigenvalue weighted by Crippen LogP contribution is 2.29. The molecule has 1 aliphatic rings. The molecule has 1 N–H and O–H groups in total. The third-order valence-corrected chi connectivity index (χ3v) is 5.72. The van der Waals surface area contributed by atoms with Crippen molar-refractivity contribution in [3.8, 4) is 5.75 Å². The molecule has 7 heteroatoms. The molecule has 0 unspecified atom stereocenters. The Bertz CT molecular complexity index is 947. The van der Waals surface area contributed by atoms with Crippen LogP contribution in [-0.4, -0.2) is 36.0 Å². The zero-order valence-corrected chi connectivity index (χ0v) is 15.7. The summed E-state index contributed by atoms with van der Waals surface area (Å²) < 4.78 is 10.8. The topological polar surface area (TPSA) is 67.6 Å². The number of benzene rings is 1. The summed E-state index contributed by atoms with van der Waals surface area (Å²) in [6, 6.07) is 5.61. The Hall–Kier alpha value is -2.38. The second kappa shape index (κ2) is 7.09. The lowest BCUT2D eigenvalue weighted by atomic mass is 10.1. The van der Waals surface area contributed by atoms with E-state index in [4.69, 9.17) is 9.15 Å². The molecule has 1 amide bonds. The summed E-state index contributed by atoms with van der Waals surface area (Å²) in [5, 5.41) is 4.56. The van der Waals surface area contributed by atoms with Crippen LogP contribution in [0.25, 0.3) is 11.0 Å². The fourth-order valence-corrected chi connectivity index (χ4v) is 4.30. The molecule has 3 heterocycles. The maximum Gasteiger partial charge on any atom is 0.230 e. The average molecular weight is 371 g/mol. The predicted octanol–water partition coefficient (Wildman–Crippen LogP) is 3.46. The van der Waals surface area contributed by atoms with Crippen LogP contribution in [0.3, 0.4) is 0 Å². The summed E-state index contributed by atoms with van der Waals surface area (Å²) in [4.78, 5) is 20.7. The van der Waals surface area contributed by atoms with E-state index in [-0.39, 0.29) is 12.3 Å². The van der Waals surface area contributed by atoms with E-state index < -0.39 is 0 Å². The number of nitrogens with one attached hydrogen (secondary N) is 1. The molecule has 0 fully saturated rings. The van der Waals surface area contributed by atoms with E-state index in [1.165, 1.54) is 4.88 Å². The number of carbonyl (C=O) groups is 1. The van der Waals surface area contributed by atoms with Gasteiger partial charge in [-0.1, -0.05) is 6.92 Å². The lowest BCUT2D eigenvalue weighted by Gasteiger charge is -2.23. The zero-order chi connectivity index (χ0) is 18.1. The lowest BCUT2D eigenvalue weighted by Crippen LogP contribution is -2.29. The first-order valence-corrected chi connectivity index (χ1v) is 9.52. The molecular weight excluding hydrogens is 350 g/mol. The summed E-state index contributed by atoms with van der Waals surface area (Å²) in [6.07, 6.45) is 2.84. The molecule has 0 bridgehead atoms. The Labute approximate surface area is 155 Å². The van der Waals surface area contributed by atoms with Crippen LogP contribution >= 0.6 is 11.3 Å². The van der Waals surface area contributed by atoms with E-state index in [9.17, 15) is 4.79 Å². The van der Waals surface area contributed by atoms with Crippen molar-refractivity contribution >= 4 is 33.3 Å². The van der Waals surface area contributed by atoms with Crippen LogP contribution in [0.2, 0.25) is 0 Å². The minimum Gasteiger partial charge on any atom is -0.497 e. The van der Waals surface area contributed by atoms with Crippen molar-refractivity contribution in [2.45, 2.75) is 26.3 Å². The lowest BCUT2D eigenvalue weighted by molar-refractivity contribution is -0.115. The van der Waals surface area contributed by atoms with Gasteiger partial charge in [0.05, 0.1) is 25.5 Å². The molecule has 0 spiro atoms. The van der Waals surface area contributed by atoms with Gasteiger partial charge in [0.2, 0.25) is 5.91 Å². The van der Waals surface area contributed by atoms with Crippen molar-refractivity contribution in [3.63, 3.8) is 0 Å². The van der Waals surface area contributed by atoms with E-state index in [1.54, 1.807) is 24.7 Å². The van der Waals surface area contributed by atoms with Gasteiger partial charge in [-0.25, -0.2) is 4.98 Å². The van der Waals surface area contributed by atoms with Gasteiger partial charge >= 0.3 is 0 Å². The largest absolute Gasteiger partial charge is 0.497 e. The SMILES string of the molecule is CCN1CCc2nc(NC(=O)Cc3coc4cc(OC)ccc34)sc2C1. The normalized spacial score (nSPS) is 14.4. The van der Waals surface area contributed by atoms with Gasteiger partial charge in [0, 0.05) is 41.4 Å². The van der Waals surface area contributed by atoms with Gasteiger partial charge in [-0.15, -0.1) is 11.3 Å². The Morgan fingerprint density at radius 3 is 3.15 bits per heavy atom. The second-order valence-electron chi connectivity index (χ2n) is 6.36. The standard InChI is InChI=1S/C19H21N3O3S/c1-3-22-7-6-15-17(10-22)26-19(20-15)21-18(23)8-12-11-25-16-9-13(24-2)4-5-14(12)16/h4-5,9,11H,3,6-8,10H2,1-2H3,(H,20,21,23). The highest BCUT2D eigenvalue weighted by molar-refractivity contribution is 7.15. The maximum atomic E-state index is 12.5. The second-order valence-corrected chi connectivity index (χ2v) is 7.44. The number of hydrogen-bond donors (Lipinski definition) is 1. The highest BCUT2D eigenvalue weighted by atomic mass is 32.1. The summed E-state index contributed by atoms with van der Waals surface area (Å²) in [5.41, 5.74) is 2.70. The molecule has 0 aliphatic carbocycles. The molecule has 0 saturated carbocycles. The molecule has 1 aromatic carbocycles. The summed E-state index contributed by atoms with van der Waals surface area (Å²) >= 11 is 1.58. The summed E-state index contributed by atoms with van der Waals surface area (Å²) in [7, 11) is 1.62. The third-order valence-electron chi connectivity index (χ3n) is 4.72. The first-order valence-electron chi connectivity index (χ1n) is 8.71. The number of furan rings is 1. The van der Waals surface area contributed by atoms with Gasteiger partial charge in [0.1, 0.15) is 11.3 Å². The number of hydrogen-bond acceptors (Lipinski definition) is 6. The highest BCUT2D eigenvalue weighted by Gasteiger charge is 2.20. The van der Waals surface area contributed by atoms with Crippen LogP contribution in [0.4, 0.5) is 5.13 Å². The number of anilines is 1. The molecule has 2 aromatic heterocycles. The van der Waals surface area contributed by atoms with Crippen molar-refractivity contribution in [1.29, 1.82) is 0 Å². The molecule has 6 nitrogen and oxygen atoms in total. The Kier molecular flexibility index (Phi) is 4.65. The third kappa shape index (κ3) is 3.32. The van der Waals surface area contributed by atoms with E-state index >= 15 is 0 Å². The first kappa shape index (κ1) is 17.1. The van der Waals surface area contributed by atoms with Crippen molar-refractivity contribution in [3.05, 3.63) is 40.6 Å². The number of thiazole rings is 1. The molecule has 4 rings (SSSR count). The van der Waals surface area contributed by atoms with Crippen molar-refractivity contribution in [2.24, 2.45) is 0 Å². The van der Waals surface area contributed by atoms with Crippen molar-refractivity contribution in [1.82, 2.24) is 9.88 Å². The fraction of sp³-hybridized carbons (Fsp3) is 0.368. The number of aromatic nitrogens is 1. The number of nitrogens with zero attached hydrogens (tertiary/aromatic N) is 2. The van der Waals surface area contributed by atoms with Gasteiger partial charge in [-0.2, -0.15) is 0 Å². The van der Waals surface area contributed by atoms with Gasteiger partial charge < -0.3 is 14.5 Å². The van der Waals surface area contributed by atoms with E-state index in [1.807, 2.05) is 18.2 Å². The summed E-state index contributed by atoms with van der Waals surface area (Å²) in [6.45, 7) is 5.16. The van der Waals surface area contributed by atoms with Gasteiger partial charge in [0.25, 0.3) is 0 Å². The minimum atomic E-state index is -0.0815. The van der Waals surface area contributed by atoms with Gasteiger partial charge in [-0.05, 0) is 18.7 Å². The molecule has 136 valence electrons. The molecule has 0 saturated heterocycles. The number of amides is 1. The van der Waals surface area contributed by atoms with Crippen LogP contribution < -0.4 is 10.1 Å². The monoisotopic (exact) mass is 371 g/mol. The van der Waals surface area contributed by atoms with E-state index in [2.05, 4.69) is 22.1 Å². The van der Waals surface area contributed by atoms with E-state index in [0.29, 0.717) is 5.13 Å². The number of carbonyl (C=O) groups excluding carboxylic acids is 1. The number of methoxy groups -OCH3 is 1. The Morgan fingerprint density at radius 1 is 1.46 bits per heavy atom. The molecule has 26 heavy (non-hydrogen) atoms. The van der Waals surface area contributed by atoms with Crippen LogP contribution in [0.15, 0.2) is 28.9 Å². The molecule has 0 atom stereocenters. The number of likely N-dealkylation sites (N-methyl/N-ethyl adjacent to an activating group) is 1. The van der Waals surface area contributed by atoms with Crippen molar-refractivity contribution in [2.75, 3.05) is 25.5 Å². The van der Waals surface area contributed by atoms with Crippen LogP contribution in [0.5, 0.6) is 5.75 Å². The molecule has 1 aliphatic heterocycles. The first-order chi connectivity index (χ1) is 12.7. The van der Waals surface area contributed by atoms with Crippen molar-refractivity contribution < 1.29 is 13.9 Å². The summed E-state index contributed by atoms with van der Waals surface area (Å²) in [5.74, 6) is 0.652.